The minimum atomic E-state index is 0.651. The Kier molecular flexibility index (Phi) is 4.15. The van der Waals surface area contributed by atoms with E-state index in [2.05, 4.69) is 39.7 Å². The summed E-state index contributed by atoms with van der Waals surface area (Å²) in [5.74, 6) is 1.51. The fraction of sp³-hybridized carbons (Fsp3) is 0.385. The standard InChI is InChI=1S/C13H18N4S/c1-4-10-5-6-11(18-10)8-15-12-7-9(2)16-13(14-3)17-12/h5-7H,4,8H2,1-3H3,(H2,14,15,16,17). The van der Waals surface area contributed by atoms with Gasteiger partial charge < -0.3 is 10.6 Å². The van der Waals surface area contributed by atoms with Crippen molar-refractivity contribution in [3.63, 3.8) is 0 Å². The first-order valence-electron chi connectivity index (χ1n) is 6.06. The predicted octanol–water partition coefficient (Wildman–Crippen LogP) is 3.06. The SMILES string of the molecule is CCc1ccc(CNc2cc(C)nc(NC)n2)s1. The van der Waals surface area contributed by atoms with E-state index < -0.39 is 0 Å². The van der Waals surface area contributed by atoms with Crippen LogP contribution in [0.2, 0.25) is 0 Å². The molecule has 4 nitrogen and oxygen atoms in total. The molecule has 0 saturated heterocycles. The quantitative estimate of drug-likeness (QED) is 0.869. The third-order valence-electron chi connectivity index (χ3n) is 2.59. The lowest BCUT2D eigenvalue weighted by Gasteiger charge is -2.07. The van der Waals surface area contributed by atoms with E-state index in [-0.39, 0.29) is 0 Å². The maximum atomic E-state index is 4.37. The molecular formula is C13H18N4S. The minimum Gasteiger partial charge on any atom is -0.365 e. The van der Waals surface area contributed by atoms with E-state index in [4.69, 9.17) is 0 Å². The largest absolute Gasteiger partial charge is 0.365 e. The highest BCUT2D eigenvalue weighted by Crippen LogP contribution is 2.18. The van der Waals surface area contributed by atoms with Crippen LogP contribution in [0, 0.1) is 6.92 Å². The molecule has 0 atom stereocenters. The molecule has 0 aliphatic carbocycles. The number of aryl methyl sites for hydroxylation is 2. The third kappa shape index (κ3) is 3.20. The Bertz CT molecular complexity index is 521. The highest BCUT2D eigenvalue weighted by Gasteiger charge is 2.02. The number of aromatic nitrogens is 2. The van der Waals surface area contributed by atoms with Crippen molar-refractivity contribution in [1.29, 1.82) is 0 Å². The number of thiophene rings is 1. The van der Waals surface area contributed by atoms with Gasteiger partial charge in [-0.2, -0.15) is 4.98 Å². The summed E-state index contributed by atoms with van der Waals surface area (Å²) in [5.41, 5.74) is 0.956. The molecule has 0 aliphatic heterocycles. The normalized spacial score (nSPS) is 10.4. The summed E-state index contributed by atoms with van der Waals surface area (Å²) in [6, 6.07) is 6.31. The van der Waals surface area contributed by atoms with Gasteiger partial charge in [0.05, 0.1) is 6.54 Å². The molecule has 0 unspecified atom stereocenters. The van der Waals surface area contributed by atoms with Crippen molar-refractivity contribution in [3.05, 3.63) is 33.6 Å². The van der Waals surface area contributed by atoms with E-state index in [9.17, 15) is 0 Å². The van der Waals surface area contributed by atoms with E-state index in [1.165, 1.54) is 9.75 Å². The molecule has 96 valence electrons. The number of hydrogen-bond donors (Lipinski definition) is 2. The maximum absolute atomic E-state index is 4.37. The average molecular weight is 262 g/mol. The van der Waals surface area contributed by atoms with Crippen LogP contribution in [-0.2, 0) is 13.0 Å². The molecule has 2 heterocycles. The van der Waals surface area contributed by atoms with Gasteiger partial charge in [0.1, 0.15) is 5.82 Å². The smallest absolute Gasteiger partial charge is 0.224 e. The van der Waals surface area contributed by atoms with Gasteiger partial charge in [0.2, 0.25) is 5.95 Å². The zero-order valence-electron chi connectivity index (χ0n) is 10.9. The highest BCUT2D eigenvalue weighted by molar-refractivity contribution is 7.12. The van der Waals surface area contributed by atoms with Crippen molar-refractivity contribution in [2.75, 3.05) is 17.7 Å². The van der Waals surface area contributed by atoms with E-state index in [1.807, 2.05) is 31.4 Å². The van der Waals surface area contributed by atoms with Crippen molar-refractivity contribution in [3.8, 4) is 0 Å². The van der Waals surface area contributed by atoms with Crippen LogP contribution < -0.4 is 10.6 Å². The first-order chi connectivity index (χ1) is 8.71. The average Bonchev–Trinajstić information content (AvgIpc) is 2.83. The second-order valence-corrected chi connectivity index (χ2v) is 5.30. The second-order valence-electron chi connectivity index (χ2n) is 4.04. The maximum Gasteiger partial charge on any atom is 0.224 e. The van der Waals surface area contributed by atoms with Crippen LogP contribution in [-0.4, -0.2) is 17.0 Å². The van der Waals surface area contributed by atoms with Crippen LogP contribution >= 0.6 is 11.3 Å². The van der Waals surface area contributed by atoms with Gasteiger partial charge in [0.15, 0.2) is 0 Å². The van der Waals surface area contributed by atoms with E-state index in [1.54, 1.807) is 0 Å². The summed E-state index contributed by atoms with van der Waals surface area (Å²) in [5, 5.41) is 6.29. The molecule has 2 aromatic heterocycles. The van der Waals surface area contributed by atoms with Gasteiger partial charge in [0.25, 0.3) is 0 Å². The minimum absolute atomic E-state index is 0.651. The van der Waals surface area contributed by atoms with Crippen LogP contribution in [0.3, 0.4) is 0 Å². The van der Waals surface area contributed by atoms with Crippen molar-refractivity contribution < 1.29 is 0 Å². The van der Waals surface area contributed by atoms with Crippen LogP contribution in [0.1, 0.15) is 22.4 Å². The first kappa shape index (κ1) is 12.8. The lowest BCUT2D eigenvalue weighted by atomic mass is 10.3. The summed E-state index contributed by atoms with van der Waals surface area (Å²) in [6.45, 7) is 4.95. The summed E-state index contributed by atoms with van der Waals surface area (Å²) in [7, 11) is 1.82. The van der Waals surface area contributed by atoms with E-state index in [0.717, 1.165) is 24.5 Å². The molecule has 0 bridgehead atoms. The number of hydrogen-bond acceptors (Lipinski definition) is 5. The summed E-state index contributed by atoms with van der Waals surface area (Å²) >= 11 is 1.84. The van der Waals surface area contributed by atoms with E-state index >= 15 is 0 Å². The Balaban J connectivity index is 2.03. The van der Waals surface area contributed by atoms with Gasteiger partial charge in [-0.15, -0.1) is 11.3 Å². The Morgan fingerprint density at radius 1 is 1.22 bits per heavy atom. The van der Waals surface area contributed by atoms with Gasteiger partial charge in [-0.05, 0) is 25.5 Å². The number of nitrogens with zero attached hydrogens (tertiary/aromatic N) is 2. The molecule has 0 radical (unpaired) electrons. The summed E-state index contributed by atoms with van der Waals surface area (Å²) in [6.07, 6.45) is 1.10. The number of anilines is 2. The van der Waals surface area contributed by atoms with Crippen LogP contribution in [0.5, 0.6) is 0 Å². The zero-order chi connectivity index (χ0) is 13.0. The predicted molar refractivity (Wildman–Crippen MR) is 77.3 cm³/mol. The summed E-state index contributed by atoms with van der Waals surface area (Å²) < 4.78 is 0. The van der Waals surface area contributed by atoms with Crippen LogP contribution in [0.25, 0.3) is 0 Å². The monoisotopic (exact) mass is 262 g/mol. The van der Waals surface area contributed by atoms with Gasteiger partial charge in [0, 0.05) is 28.6 Å². The van der Waals surface area contributed by atoms with Crippen molar-refractivity contribution in [2.24, 2.45) is 0 Å². The lowest BCUT2D eigenvalue weighted by Crippen LogP contribution is -2.04. The van der Waals surface area contributed by atoms with Gasteiger partial charge in [-0.3, -0.25) is 0 Å². The van der Waals surface area contributed by atoms with Crippen molar-refractivity contribution in [1.82, 2.24) is 9.97 Å². The van der Waals surface area contributed by atoms with Crippen LogP contribution in [0.4, 0.5) is 11.8 Å². The van der Waals surface area contributed by atoms with Gasteiger partial charge in [-0.1, -0.05) is 6.92 Å². The second kappa shape index (κ2) is 5.82. The fourth-order valence-corrected chi connectivity index (χ4v) is 2.55. The van der Waals surface area contributed by atoms with Crippen molar-refractivity contribution in [2.45, 2.75) is 26.8 Å². The molecule has 0 saturated carbocycles. The molecule has 5 heteroatoms. The molecular weight excluding hydrogens is 244 g/mol. The molecule has 0 fully saturated rings. The molecule has 2 aromatic rings. The Hall–Kier alpha value is -1.62. The van der Waals surface area contributed by atoms with Gasteiger partial charge >= 0.3 is 0 Å². The topological polar surface area (TPSA) is 49.8 Å². The van der Waals surface area contributed by atoms with Crippen LogP contribution in [0.15, 0.2) is 18.2 Å². The Morgan fingerprint density at radius 3 is 2.67 bits per heavy atom. The number of rotatable bonds is 5. The Labute approximate surface area is 111 Å². The molecule has 18 heavy (non-hydrogen) atoms. The lowest BCUT2D eigenvalue weighted by molar-refractivity contribution is 1.06. The van der Waals surface area contributed by atoms with Gasteiger partial charge in [-0.25, -0.2) is 4.98 Å². The molecule has 0 aliphatic rings. The fourth-order valence-electron chi connectivity index (χ4n) is 1.66. The Morgan fingerprint density at radius 2 is 2.00 bits per heavy atom. The third-order valence-corrected chi connectivity index (χ3v) is 3.82. The molecule has 0 amide bonds. The zero-order valence-corrected chi connectivity index (χ0v) is 11.8. The molecule has 0 aromatic carbocycles. The molecule has 2 N–H and O–H groups in total. The molecule has 0 spiro atoms. The highest BCUT2D eigenvalue weighted by atomic mass is 32.1. The number of nitrogens with one attached hydrogen (secondary N) is 2. The molecule has 2 rings (SSSR count). The summed E-state index contributed by atoms with van der Waals surface area (Å²) in [4.78, 5) is 11.4. The van der Waals surface area contributed by atoms with Crippen molar-refractivity contribution >= 4 is 23.1 Å². The van der Waals surface area contributed by atoms with E-state index in [0.29, 0.717) is 5.95 Å². The first-order valence-corrected chi connectivity index (χ1v) is 6.87.